The Bertz CT molecular complexity index is 505. The van der Waals surface area contributed by atoms with Crippen LogP contribution in [0, 0.1) is 0 Å². The summed E-state index contributed by atoms with van der Waals surface area (Å²) in [4.78, 5) is 8.11. The zero-order chi connectivity index (χ0) is 12.5. The van der Waals surface area contributed by atoms with Gasteiger partial charge in [-0.1, -0.05) is 0 Å². The SMILES string of the molecule is Nc1cc(C2COC3=CC=CNC3C2)nc(N)n1. The Labute approximate surface area is 105 Å². The van der Waals surface area contributed by atoms with Crippen LogP contribution in [-0.4, -0.2) is 22.6 Å². The normalized spacial score (nSPS) is 25.7. The Morgan fingerprint density at radius 1 is 1.33 bits per heavy atom. The van der Waals surface area contributed by atoms with Gasteiger partial charge in [0.05, 0.1) is 18.3 Å². The number of hydrogen-bond donors (Lipinski definition) is 3. The summed E-state index contributed by atoms with van der Waals surface area (Å²) in [6.07, 6.45) is 6.75. The van der Waals surface area contributed by atoms with Crippen molar-refractivity contribution in [1.82, 2.24) is 15.3 Å². The number of nitrogens with two attached hydrogens (primary N) is 2. The van der Waals surface area contributed by atoms with Gasteiger partial charge in [0, 0.05) is 12.0 Å². The maximum atomic E-state index is 5.73. The summed E-state index contributed by atoms with van der Waals surface area (Å²) in [6, 6.07) is 1.96. The lowest BCUT2D eigenvalue weighted by Gasteiger charge is -2.33. The van der Waals surface area contributed by atoms with Crippen molar-refractivity contribution in [2.45, 2.75) is 18.4 Å². The monoisotopic (exact) mass is 245 g/mol. The Morgan fingerprint density at radius 2 is 2.22 bits per heavy atom. The molecule has 1 aromatic rings. The molecule has 0 saturated carbocycles. The Kier molecular flexibility index (Phi) is 2.55. The molecule has 0 aromatic carbocycles. The molecule has 1 saturated heterocycles. The van der Waals surface area contributed by atoms with Crippen LogP contribution in [0.5, 0.6) is 0 Å². The molecule has 0 amide bonds. The molecule has 2 aliphatic rings. The molecule has 2 unspecified atom stereocenters. The average molecular weight is 245 g/mol. The summed E-state index contributed by atoms with van der Waals surface area (Å²) in [5, 5.41) is 3.27. The van der Waals surface area contributed by atoms with Gasteiger partial charge in [0.2, 0.25) is 5.95 Å². The lowest BCUT2D eigenvalue weighted by molar-refractivity contribution is 0.123. The fraction of sp³-hybridized carbons (Fsp3) is 0.333. The summed E-state index contributed by atoms with van der Waals surface area (Å²) < 4.78 is 5.73. The van der Waals surface area contributed by atoms with E-state index in [-0.39, 0.29) is 17.9 Å². The van der Waals surface area contributed by atoms with Crippen LogP contribution >= 0.6 is 0 Å². The average Bonchev–Trinajstić information content (AvgIpc) is 2.37. The quantitative estimate of drug-likeness (QED) is 0.667. The molecule has 0 aliphatic carbocycles. The van der Waals surface area contributed by atoms with Crippen LogP contribution in [-0.2, 0) is 4.74 Å². The zero-order valence-corrected chi connectivity index (χ0v) is 9.84. The first kappa shape index (κ1) is 10.9. The highest BCUT2D eigenvalue weighted by molar-refractivity contribution is 5.37. The zero-order valence-electron chi connectivity index (χ0n) is 9.84. The second-order valence-electron chi connectivity index (χ2n) is 4.47. The van der Waals surface area contributed by atoms with E-state index in [1.807, 2.05) is 18.4 Å². The number of aromatic nitrogens is 2. The van der Waals surface area contributed by atoms with E-state index >= 15 is 0 Å². The van der Waals surface area contributed by atoms with Gasteiger partial charge in [0.1, 0.15) is 11.6 Å². The third kappa shape index (κ3) is 1.97. The lowest BCUT2D eigenvalue weighted by atomic mass is 9.92. The molecule has 3 rings (SSSR count). The minimum atomic E-state index is 0.179. The summed E-state index contributed by atoms with van der Waals surface area (Å²) in [5.74, 6) is 1.76. The highest BCUT2D eigenvalue weighted by atomic mass is 16.5. The number of nitrogens with one attached hydrogen (secondary N) is 1. The number of rotatable bonds is 1. The van der Waals surface area contributed by atoms with E-state index in [9.17, 15) is 0 Å². The van der Waals surface area contributed by atoms with Gasteiger partial charge in [0.25, 0.3) is 0 Å². The maximum Gasteiger partial charge on any atom is 0.222 e. The fourth-order valence-corrected chi connectivity index (χ4v) is 2.32. The predicted octanol–water partition coefficient (Wildman–Crippen LogP) is 0.514. The second kappa shape index (κ2) is 4.21. The number of nitrogen functional groups attached to an aromatic ring is 2. The van der Waals surface area contributed by atoms with Gasteiger partial charge < -0.3 is 21.5 Å². The van der Waals surface area contributed by atoms with E-state index in [1.165, 1.54) is 0 Å². The van der Waals surface area contributed by atoms with E-state index in [4.69, 9.17) is 16.2 Å². The van der Waals surface area contributed by atoms with Crippen LogP contribution in [0.25, 0.3) is 0 Å². The minimum absolute atomic E-state index is 0.179. The standard InChI is InChI=1S/C12H15N5O/c13-11-5-8(16-12(14)17-11)7-4-9-10(18-6-7)2-1-3-15-9/h1-3,5,7,9,15H,4,6H2,(H4,13,14,16,17). The lowest BCUT2D eigenvalue weighted by Crippen LogP contribution is -2.37. The van der Waals surface area contributed by atoms with Crippen LogP contribution in [0.15, 0.2) is 30.2 Å². The number of allylic oxidation sites excluding steroid dienone is 2. The van der Waals surface area contributed by atoms with Crippen molar-refractivity contribution < 1.29 is 4.74 Å². The minimum Gasteiger partial charge on any atom is -0.495 e. The molecule has 0 bridgehead atoms. The van der Waals surface area contributed by atoms with E-state index in [0.717, 1.165) is 17.9 Å². The van der Waals surface area contributed by atoms with Gasteiger partial charge in [-0.2, -0.15) is 4.98 Å². The first-order chi connectivity index (χ1) is 8.72. The molecular weight excluding hydrogens is 230 g/mol. The van der Waals surface area contributed by atoms with E-state index < -0.39 is 0 Å². The summed E-state index contributed by atoms with van der Waals surface area (Å²) in [7, 11) is 0. The maximum absolute atomic E-state index is 5.73. The van der Waals surface area contributed by atoms with E-state index in [0.29, 0.717) is 12.4 Å². The van der Waals surface area contributed by atoms with Crippen LogP contribution in [0.2, 0.25) is 0 Å². The van der Waals surface area contributed by atoms with Crippen molar-refractivity contribution in [2.75, 3.05) is 18.1 Å². The molecule has 6 nitrogen and oxygen atoms in total. The number of anilines is 2. The van der Waals surface area contributed by atoms with Crippen molar-refractivity contribution in [1.29, 1.82) is 0 Å². The summed E-state index contributed by atoms with van der Waals surface area (Å²) in [5.41, 5.74) is 12.1. The summed E-state index contributed by atoms with van der Waals surface area (Å²) in [6.45, 7) is 0.591. The third-order valence-corrected chi connectivity index (χ3v) is 3.17. The number of dihydropyridines is 1. The largest absolute Gasteiger partial charge is 0.495 e. The number of fused-ring (bicyclic) bond motifs is 1. The Morgan fingerprint density at radius 3 is 3.06 bits per heavy atom. The number of ether oxygens (including phenoxy) is 1. The van der Waals surface area contributed by atoms with Gasteiger partial charge in [-0.3, -0.25) is 0 Å². The molecule has 1 fully saturated rings. The van der Waals surface area contributed by atoms with Crippen molar-refractivity contribution in [3.05, 3.63) is 35.9 Å². The van der Waals surface area contributed by atoms with E-state index in [2.05, 4.69) is 15.3 Å². The van der Waals surface area contributed by atoms with Crippen LogP contribution < -0.4 is 16.8 Å². The van der Waals surface area contributed by atoms with Gasteiger partial charge in [0.15, 0.2) is 0 Å². The fourth-order valence-electron chi connectivity index (χ4n) is 2.32. The Hall–Kier alpha value is -2.24. The van der Waals surface area contributed by atoms with E-state index in [1.54, 1.807) is 6.07 Å². The Balaban J connectivity index is 1.82. The van der Waals surface area contributed by atoms with Gasteiger partial charge in [-0.05, 0) is 24.8 Å². The topological polar surface area (TPSA) is 99.1 Å². The molecule has 0 radical (unpaired) electrons. The van der Waals surface area contributed by atoms with Crippen LogP contribution in [0.4, 0.5) is 11.8 Å². The molecule has 1 aromatic heterocycles. The molecule has 6 heteroatoms. The first-order valence-corrected chi connectivity index (χ1v) is 5.88. The molecule has 94 valence electrons. The van der Waals surface area contributed by atoms with Crippen molar-refractivity contribution in [3.8, 4) is 0 Å². The van der Waals surface area contributed by atoms with Crippen LogP contribution in [0.1, 0.15) is 18.0 Å². The molecule has 2 aliphatic heterocycles. The van der Waals surface area contributed by atoms with Gasteiger partial charge >= 0.3 is 0 Å². The molecule has 3 heterocycles. The second-order valence-corrected chi connectivity index (χ2v) is 4.47. The smallest absolute Gasteiger partial charge is 0.222 e. The highest BCUT2D eigenvalue weighted by Crippen LogP contribution is 2.31. The predicted molar refractivity (Wildman–Crippen MR) is 68.3 cm³/mol. The molecule has 18 heavy (non-hydrogen) atoms. The van der Waals surface area contributed by atoms with Crippen molar-refractivity contribution in [3.63, 3.8) is 0 Å². The highest BCUT2D eigenvalue weighted by Gasteiger charge is 2.29. The molecule has 2 atom stereocenters. The van der Waals surface area contributed by atoms with Crippen molar-refractivity contribution in [2.24, 2.45) is 0 Å². The molecule has 0 spiro atoms. The van der Waals surface area contributed by atoms with Gasteiger partial charge in [-0.15, -0.1) is 0 Å². The van der Waals surface area contributed by atoms with Crippen LogP contribution in [0.3, 0.4) is 0 Å². The molecule has 5 N–H and O–H groups in total. The first-order valence-electron chi connectivity index (χ1n) is 5.88. The summed E-state index contributed by atoms with van der Waals surface area (Å²) >= 11 is 0. The van der Waals surface area contributed by atoms with Crippen molar-refractivity contribution >= 4 is 11.8 Å². The number of hydrogen-bond acceptors (Lipinski definition) is 6. The molecular formula is C12H15N5O. The third-order valence-electron chi connectivity index (χ3n) is 3.17. The number of nitrogens with zero attached hydrogens (tertiary/aromatic N) is 2. The van der Waals surface area contributed by atoms with Gasteiger partial charge in [-0.25, -0.2) is 4.98 Å².